The van der Waals surface area contributed by atoms with Crippen molar-refractivity contribution in [1.82, 2.24) is 4.31 Å². The quantitative estimate of drug-likeness (QED) is 0.707. The van der Waals surface area contributed by atoms with Crippen LogP contribution in [-0.2, 0) is 24.3 Å². The second-order valence-electron chi connectivity index (χ2n) is 6.07. The predicted molar refractivity (Wildman–Crippen MR) is 96.4 cm³/mol. The maximum absolute atomic E-state index is 12.5. The van der Waals surface area contributed by atoms with E-state index in [1.807, 2.05) is 0 Å². The Balaban J connectivity index is 2.02. The Bertz CT molecular complexity index is 749. The highest BCUT2D eigenvalue weighted by Crippen LogP contribution is 2.22. The number of carbonyl (C=O) groups is 2. The number of nitrogens with zero attached hydrogens (tertiary/aromatic N) is 1. The molecule has 9 heteroatoms. The van der Waals surface area contributed by atoms with Crippen molar-refractivity contribution in [2.24, 2.45) is 5.92 Å². The van der Waals surface area contributed by atoms with Crippen molar-refractivity contribution < 1.29 is 27.5 Å². The fraction of sp³-hybridized carbons (Fsp3) is 0.529. The zero-order valence-electron chi connectivity index (χ0n) is 14.9. The van der Waals surface area contributed by atoms with Crippen molar-refractivity contribution >= 4 is 27.6 Å². The minimum atomic E-state index is -3.44. The Morgan fingerprint density at radius 2 is 2.08 bits per heavy atom. The summed E-state index contributed by atoms with van der Waals surface area (Å²) in [5, 5.41) is 2.75. The molecule has 0 aliphatic carbocycles. The number of piperidine rings is 1. The lowest BCUT2D eigenvalue weighted by atomic mass is 9.98. The first-order chi connectivity index (χ1) is 12.4. The topological polar surface area (TPSA) is 102 Å². The van der Waals surface area contributed by atoms with Gasteiger partial charge in [-0.1, -0.05) is 6.07 Å². The van der Waals surface area contributed by atoms with Gasteiger partial charge >= 0.3 is 5.97 Å². The van der Waals surface area contributed by atoms with Crippen LogP contribution in [0.2, 0.25) is 0 Å². The van der Waals surface area contributed by atoms with E-state index in [-0.39, 0.29) is 24.8 Å². The number of methoxy groups -OCH3 is 2. The van der Waals surface area contributed by atoms with Gasteiger partial charge in [-0.05, 0) is 31.0 Å². The standard InChI is InChI=1S/C17H24N2O6S/c1-24-9-10-26(22,23)19-8-4-6-14(12-19)16(20)18-15-7-3-5-13(11-15)17(21)25-2/h3,5,7,11,14H,4,6,8-10,12H2,1-2H3,(H,18,20). The number of hydrogen-bond acceptors (Lipinski definition) is 6. The van der Waals surface area contributed by atoms with Crippen LogP contribution in [-0.4, -0.2) is 64.3 Å². The van der Waals surface area contributed by atoms with E-state index in [1.165, 1.54) is 24.6 Å². The van der Waals surface area contributed by atoms with Crippen molar-refractivity contribution in [3.8, 4) is 0 Å². The second kappa shape index (κ2) is 9.11. The van der Waals surface area contributed by atoms with Gasteiger partial charge < -0.3 is 14.8 Å². The number of anilines is 1. The van der Waals surface area contributed by atoms with Crippen LogP contribution in [0, 0.1) is 5.92 Å². The lowest BCUT2D eigenvalue weighted by molar-refractivity contribution is -0.120. The van der Waals surface area contributed by atoms with E-state index in [2.05, 4.69) is 10.1 Å². The molecule has 1 fully saturated rings. The van der Waals surface area contributed by atoms with Gasteiger partial charge in [-0.15, -0.1) is 0 Å². The number of nitrogens with one attached hydrogen (secondary N) is 1. The molecular formula is C17H24N2O6S. The van der Waals surface area contributed by atoms with Crippen molar-refractivity contribution in [2.45, 2.75) is 12.8 Å². The number of amides is 1. The van der Waals surface area contributed by atoms with Gasteiger partial charge in [0, 0.05) is 25.9 Å². The summed E-state index contributed by atoms with van der Waals surface area (Å²) >= 11 is 0. The average molecular weight is 384 g/mol. The maximum Gasteiger partial charge on any atom is 0.337 e. The first-order valence-corrected chi connectivity index (χ1v) is 9.94. The molecule has 1 amide bonds. The second-order valence-corrected chi connectivity index (χ2v) is 8.16. The zero-order valence-corrected chi connectivity index (χ0v) is 15.8. The lowest BCUT2D eigenvalue weighted by Crippen LogP contribution is -2.45. The third-order valence-electron chi connectivity index (χ3n) is 4.24. The summed E-state index contributed by atoms with van der Waals surface area (Å²) < 4.78 is 35.4. The summed E-state index contributed by atoms with van der Waals surface area (Å²) in [7, 11) is -0.704. The molecule has 1 saturated heterocycles. The summed E-state index contributed by atoms with van der Waals surface area (Å²) in [4.78, 5) is 24.1. The number of ether oxygens (including phenoxy) is 2. The molecular weight excluding hydrogens is 360 g/mol. The van der Waals surface area contributed by atoms with Crippen LogP contribution >= 0.6 is 0 Å². The maximum atomic E-state index is 12.5. The minimum absolute atomic E-state index is 0.0982. The van der Waals surface area contributed by atoms with Gasteiger partial charge in [-0.2, -0.15) is 0 Å². The summed E-state index contributed by atoms with van der Waals surface area (Å²) in [5.74, 6) is -1.30. The first kappa shape index (κ1) is 20.3. The Kier molecular flexibility index (Phi) is 7.13. The summed E-state index contributed by atoms with van der Waals surface area (Å²) in [6.07, 6.45) is 1.23. The number of rotatable bonds is 7. The molecule has 0 saturated carbocycles. The van der Waals surface area contributed by atoms with E-state index < -0.39 is 21.9 Å². The SMILES string of the molecule is COCCS(=O)(=O)N1CCCC(C(=O)Nc2cccc(C(=O)OC)c2)C1. The molecule has 0 bridgehead atoms. The van der Waals surface area contributed by atoms with Gasteiger partial charge in [0.1, 0.15) is 0 Å². The average Bonchev–Trinajstić information content (AvgIpc) is 2.66. The third kappa shape index (κ3) is 5.26. The van der Waals surface area contributed by atoms with Gasteiger partial charge in [-0.25, -0.2) is 17.5 Å². The van der Waals surface area contributed by atoms with Crippen molar-refractivity contribution in [1.29, 1.82) is 0 Å². The Labute approximate surface area is 153 Å². The fourth-order valence-electron chi connectivity index (χ4n) is 2.81. The van der Waals surface area contributed by atoms with Crippen LogP contribution in [0.4, 0.5) is 5.69 Å². The van der Waals surface area contributed by atoms with Crippen LogP contribution in [0.25, 0.3) is 0 Å². The summed E-state index contributed by atoms with van der Waals surface area (Å²) in [6, 6.07) is 6.43. The minimum Gasteiger partial charge on any atom is -0.465 e. The van der Waals surface area contributed by atoms with Crippen molar-refractivity contribution in [3.63, 3.8) is 0 Å². The molecule has 2 rings (SSSR count). The zero-order chi connectivity index (χ0) is 19.2. The van der Waals surface area contributed by atoms with E-state index in [1.54, 1.807) is 18.2 Å². The van der Waals surface area contributed by atoms with Crippen molar-refractivity contribution in [3.05, 3.63) is 29.8 Å². The number of hydrogen-bond donors (Lipinski definition) is 1. The normalized spacial score (nSPS) is 18.3. The van der Waals surface area contributed by atoms with E-state index in [9.17, 15) is 18.0 Å². The Hall–Kier alpha value is -1.97. The number of carbonyl (C=O) groups excluding carboxylic acids is 2. The molecule has 1 aromatic carbocycles. The molecule has 1 aromatic rings. The number of sulfonamides is 1. The highest BCUT2D eigenvalue weighted by molar-refractivity contribution is 7.89. The first-order valence-electron chi connectivity index (χ1n) is 8.33. The van der Waals surface area contributed by atoms with Crippen LogP contribution < -0.4 is 5.32 Å². The van der Waals surface area contributed by atoms with E-state index >= 15 is 0 Å². The molecule has 0 spiro atoms. The molecule has 0 radical (unpaired) electrons. The smallest absolute Gasteiger partial charge is 0.337 e. The van der Waals surface area contributed by atoms with Gasteiger partial charge in [0.05, 0.1) is 31.0 Å². The molecule has 8 nitrogen and oxygen atoms in total. The molecule has 1 N–H and O–H groups in total. The third-order valence-corrected chi connectivity index (χ3v) is 6.05. The van der Waals surface area contributed by atoms with Crippen LogP contribution in [0.15, 0.2) is 24.3 Å². The monoisotopic (exact) mass is 384 g/mol. The number of esters is 1. The Morgan fingerprint density at radius 1 is 1.31 bits per heavy atom. The largest absolute Gasteiger partial charge is 0.465 e. The molecule has 0 aromatic heterocycles. The fourth-order valence-corrected chi connectivity index (χ4v) is 4.26. The summed E-state index contributed by atoms with van der Waals surface area (Å²) in [5.41, 5.74) is 0.801. The van der Waals surface area contributed by atoms with Crippen LogP contribution in [0.1, 0.15) is 23.2 Å². The van der Waals surface area contributed by atoms with E-state index in [0.717, 1.165) is 0 Å². The van der Waals surface area contributed by atoms with Gasteiger partial charge in [0.2, 0.25) is 15.9 Å². The van der Waals surface area contributed by atoms with Gasteiger partial charge in [0.15, 0.2) is 0 Å². The predicted octanol–water partition coefficient (Wildman–Crippen LogP) is 1.10. The van der Waals surface area contributed by atoms with Crippen molar-refractivity contribution in [2.75, 3.05) is 45.0 Å². The molecule has 144 valence electrons. The molecule has 1 unspecified atom stereocenters. The van der Waals surface area contributed by atoms with Crippen LogP contribution in [0.5, 0.6) is 0 Å². The van der Waals surface area contributed by atoms with Crippen LogP contribution in [0.3, 0.4) is 0 Å². The summed E-state index contributed by atoms with van der Waals surface area (Å²) in [6.45, 7) is 0.679. The van der Waals surface area contributed by atoms with Gasteiger partial charge in [0.25, 0.3) is 0 Å². The molecule has 26 heavy (non-hydrogen) atoms. The molecule has 1 aliphatic heterocycles. The molecule has 1 aliphatic rings. The lowest BCUT2D eigenvalue weighted by Gasteiger charge is -2.31. The molecule has 1 atom stereocenters. The molecule has 1 heterocycles. The highest BCUT2D eigenvalue weighted by Gasteiger charge is 2.32. The number of benzene rings is 1. The Morgan fingerprint density at radius 3 is 2.77 bits per heavy atom. The van der Waals surface area contributed by atoms with Gasteiger partial charge in [-0.3, -0.25) is 4.79 Å². The van der Waals surface area contributed by atoms with E-state index in [0.29, 0.717) is 30.6 Å². The highest BCUT2D eigenvalue weighted by atomic mass is 32.2. The van der Waals surface area contributed by atoms with E-state index in [4.69, 9.17) is 4.74 Å².